The quantitative estimate of drug-likeness (QED) is 0.546. The van der Waals surface area contributed by atoms with Crippen molar-refractivity contribution in [2.75, 3.05) is 51.3 Å². The number of rotatable bonds is 8. The topological polar surface area (TPSA) is 98.7 Å². The zero-order chi connectivity index (χ0) is 26.6. The Morgan fingerprint density at radius 1 is 1.00 bits per heavy atom. The highest BCUT2D eigenvalue weighted by Gasteiger charge is 2.33. The summed E-state index contributed by atoms with van der Waals surface area (Å²) in [5.41, 5.74) is 1.35. The number of nitrogens with zero attached hydrogens (tertiary/aromatic N) is 5. The molecule has 1 amide bonds. The first-order valence-corrected chi connectivity index (χ1v) is 16.0. The van der Waals surface area contributed by atoms with Crippen molar-refractivity contribution in [2.24, 2.45) is 11.8 Å². The van der Waals surface area contributed by atoms with Crippen molar-refractivity contribution >= 4 is 21.7 Å². The predicted octanol–water partition coefficient (Wildman–Crippen LogP) is 3.37. The van der Waals surface area contributed by atoms with Crippen molar-refractivity contribution in [1.82, 2.24) is 24.1 Å². The molecule has 3 fully saturated rings. The molecule has 2 saturated heterocycles. The van der Waals surface area contributed by atoms with Gasteiger partial charge in [-0.05, 0) is 70.4 Å². The van der Waals surface area contributed by atoms with Gasteiger partial charge in [-0.25, -0.2) is 22.7 Å². The molecule has 1 aliphatic carbocycles. The fourth-order valence-electron chi connectivity index (χ4n) is 6.40. The Kier molecular flexibility index (Phi) is 9.45. The highest BCUT2D eigenvalue weighted by molar-refractivity contribution is 7.88. The molecule has 1 aromatic rings. The lowest BCUT2D eigenvalue weighted by Crippen LogP contribution is -2.52. The number of hydrogen-bond acceptors (Lipinski definition) is 7. The van der Waals surface area contributed by atoms with Gasteiger partial charge in [0.25, 0.3) is 5.91 Å². The standard InChI is InChI=1S/C27H46N6O3S/c1-5-21-6-8-22(9-7-21)18-28-26-20(2)25(29-19-30-26)27(34)33-16-12-24(13-17-33)32-14-10-23(11-15-32)31(3)37(4,35)36/h19,21-24H,5-18H2,1-4H3,(H,28,29,30). The zero-order valence-corrected chi connectivity index (χ0v) is 24.0. The molecule has 0 unspecified atom stereocenters. The van der Waals surface area contributed by atoms with E-state index in [2.05, 4.69) is 27.1 Å². The van der Waals surface area contributed by atoms with Gasteiger partial charge in [0.1, 0.15) is 17.8 Å². The Hall–Kier alpha value is -1.78. The lowest BCUT2D eigenvalue weighted by molar-refractivity contribution is 0.0542. The predicted molar refractivity (Wildman–Crippen MR) is 147 cm³/mol. The smallest absolute Gasteiger partial charge is 0.272 e. The van der Waals surface area contributed by atoms with Crippen molar-refractivity contribution in [3.63, 3.8) is 0 Å². The molecule has 208 valence electrons. The molecular formula is C27H46N6O3S. The third-order valence-electron chi connectivity index (χ3n) is 9.19. The van der Waals surface area contributed by atoms with Gasteiger partial charge in [-0.15, -0.1) is 0 Å². The second-order valence-corrected chi connectivity index (χ2v) is 13.5. The zero-order valence-electron chi connectivity index (χ0n) is 23.2. The molecule has 3 heterocycles. The summed E-state index contributed by atoms with van der Waals surface area (Å²) >= 11 is 0. The first kappa shape index (κ1) is 28.2. The third-order valence-corrected chi connectivity index (χ3v) is 10.5. The summed E-state index contributed by atoms with van der Waals surface area (Å²) in [6.45, 7) is 8.41. The van der Waals surface area contributed by atoms with Gasteiger partial charge in [0.2, 0.25) is 10.0 Å². The van der Waals surface area contributed by atoms with Gasteiger partial charge in [-0.3, -0.25) is 4.79 Å². The molecule has 3 aliphatic rings. The minimum Gasteiger partial charge on any atom is -0.369 e. The number of carbonyl (C=O) groups is 1. The van der Waals surface area contributed by atoms with Crippen molar-refractivity contribution in [3.05, 3.63) is 17.6 Å². The van der Waals surface area contributed by atoms with Crippen LogP contribution in [0.2, 0.25) is 0 Å². The van der Waals surface area contributed by atoms with Crippen LogP contribution in [0.1, 0.15) is 80.8 Å². The lowest BCUT2D eigenvalue weighted by atomic mass is 9.81. The van der Waals surface area contributed by atoms with E-state index in [-0.39, 0.29) is 11.9 Å². The average molecular weight is 535 g/mol. The summed E-state index contributed by atoms with van der Waals surface area (Å²) in [6, 6.07) is 0.530. The van der Waals surface area contributed by atoms with Crippen LogP contribution in [0.25, 0.3) is 0 Å². The molecule has 10 heteroatoms. The molecule has 2 aliphatic heterocycles. The lowest BCUT2D eigenvalue weighted by Gasteiger charge is -2.43. The van der Waals surface area contributed by atoms with Crippen LogP contribution in [-0.2, 0) is 10.0 Å². The highest BCUT2D eigenvalue weighted by atomic mass is 32.2. The summed E-state index contributed by atoms with van der Waals surface area (Å²) in [4.78, 5) is 26.6. The second kappa shape index (κ2) is 12.4. The fraction of sp³-hybridized carbons (Fsp3) is 0.815. The van der Waals surface area contributed by atoms with E-state index in [9.17, 15) is 13.2 Å². The van der Waals surface area contributed by atoms with Crippen LogP contribution >= 0.6 is 0 Å². The van der Waals surface area contributed by atoms with Gasteiger partial charge in [-0.2, -0.15) is 0 Å². The van der Waals surface area contributed by atoms with Crippen LogP contribution in [0, 0.1) is 18.8 Å². The number of nitrogens with one attached hydrogen (secondary N) is 1. The molecule has 0 atom stereocenters. The Bertz CT molecular complexity index is 1010. The molecule has 1 saturated carbocycles. The summed E-state index contributed by atoms with van der Waals surface area (Å²) in [7, 11) is -1.46. The van der Waals surface area contributed by atoms with Crippen LogP contribution in [0.5, 0.6) is 0 Å². The number of hydrogen-bond donors (Lipinski definition) is 1. The Morgan fingerprint density at radius 2 is 1.62 bits per heavy atom. The normalized spacial score (nSPS) is 24.9. The molecule has 0 aromatic carbocycles. The number of aromatic nitrogens is 2. The Labute approximate surface area is 223 Å². The van der Waals surface area contributed by atoms with E-state index < -0.39 is 10.0 Å². The minimum atomic E-state index is -3.15. The van der Waals surface area contributed by atoms with E-state index in [4.69, 9.17) is 0 Å². The fourth-order valence-corrected chi connectivity index (χ4v) is 7.15. The average Bonchev–Trinajstić information content (AvgIpc) is 2.91. The van der Waals surface area contributed by atoms with Gasteiger partial charge < -0.3 is 15.1 Å². The van der Waals surface area contributed by atoms with Gasteiger partial charge >= 0.3 is 0 Å². The molecule has 4 rings (SSSR count). The molecule has 0 bridgehead atoms. The van der Waals surface area contributed by atoms with Gasteiger partial charge in [0.15, 0.2) is 0 Å². The highest BCUT2D eigenvalue weighted by Crippen LogP contribution is 2.31. The maximum atomic E-state index is 13.4. The number of likely N-dealkylation sites (tertiary alicyclic amines) is 2. The second-order valence-electron chi connectivity index (χ2n) is 11.4. The molecule has 9 nitrogen and oxygen atoms in total. The van der Waals surface area contributed by atoms with E-state index >= 15 is 0 Å². The largest absolute Gasteiger partial charge is 0.369 e. The molecule has 0 spiro atoms. The summed E-state index contributed by atoms with van der Waals surface area (Å²) < 4.78 is 25.3. The summed E-state index contributed by atoms with van der Waals surface area (Å²) in [6.07, 6.45) is 12.9. The molecule has 1 N–H and O–H groups in total. The van der Waals surface area contributed by atoms with Crippen LogP contribution in [0.3, 0.4) is 0 Å². The Balaban J connectivity index is 1.26. The summed E-state index contributed by atoms with van der Waals surface area (Å²) in [5, 5.41) is 3.51. The number of sulfonamides is 1. The van der Waals surface area contributed by atoms with E-state index in [0.29, 0.717) is 17.7 Å². The van der Waals surface area contributed by atoms with Crippen LogP contribution in [0.15, 0.2) is 6.33 Å². The maximum absolute atomic E-state index is 13.4. The summed E-state index contributed by atoms with van der Waals surface area (Å²) in [5.74, 6) is 2.34. The third kappa shape index (κ3) is 7.00. The van der Waals surface area contributed by atoms with E-state index in [1.165, 1.54) is 49.0 Å². The van der Waals surface area contributed by atoms with Gasteiger partial charge in [0, 0.05) is 44.3 Å². The van der Waals surface area contributed by atoms with Gasteiger partial charge in [0.05, 0.1) is 6.26 Å². The van der Waals surface area contributed by atoms with Crippen molar-refractivity contribution < 1.29 is 13.2 Å². The number of piperidine rings is 2. The number of carbonyl (C=O) groups excluding carboxylic acids is 1. The first-order chi connectivity index (χ1) is 17.7. The van der Waals surface area contributed by atoms with E-state index in [1.54, 1.807) is 7.05 Å². The van der Waals surface area contributed by atoms with Crippen molar-refractivity contribution in [1.29, 1.82) is 0 Å². The van der Waals surface area contributed by atoms with E-state index in [0.717, 1.165) is 75.7 Å². The molecule has 37 heavy (non-hydrogen) atoms. The number of amides is 1. The van der Waals surface area contributed by atoms with Crippen LogP contribution < -0.4 is 5.32 Å². The van der Waals surface area contributed by atoms with E-state index in [1.807, 2.05) is 11.8 Å². The molecular weight excluding hydrogens is 488 g/mol. The van der Waals surface area contributed by atoms with Crippen molar-refractivity contribution in [3.8, 4) is 0 Å². The molecule has 1 aromatic heterocycles. The monoisotopic (exact) mass is 534 g/mol. The van der Waals surface area contributed by atoms with Crippen LogP contribution in [-0.4, -0.2) is 96.5 Å². The number of anilines is 1. The SMILES string of the molecule is CCC1CCC(CNc2ncnc(C(=O)N3CCC(N4CCC(N(C)S(C)(=O)=O)CC4)CC3)c2C)CC1. The van der Waals surface area contributed by atoms with Crippen LogP contribution in [0.4, 0.5) is 5.82 Å². The molecule has 0 radical (unpaired) electrons. The Morgan fingerprint density at radius 3 is 2.22 bits per heavy atom. The minimum absolute atomic E-state index is 0.00154. The van der Waals surface area contributed by atoms with Gasteiger partial charge in [-0.1, -0.05) is 26.2 Å². The maximum Gasteiger partial charge on any atom is 0.272 e. The van der Waals surface area contributed by atoms with Crippen molar-refractivity contribution in [2.45, 2.75) is 83.7 Å². The first-order valence-electron chi connectivity index (χ1n) is 14.2.